The maximum absolute atomic E-state index is 12.5. The molecule has 0 saturated carbocycles. The highest BCUT2D eigenvalue weighted by atomic mass is 35.5. The van der Waals surface area contributed by atoms with E-state index in [1.165, 1.54) is 0 Å². The molecule has 0 radical (unpaired) electrons. The third-order valence-corrected chi connectivity index (χ3v) is 5.43. The fraction of sp³-hybridized carbons (Fsp3) is 0.286. The quantitative estimate of drug-likeness (QED) is 0.658. The molecule has 144 valence electrons. The molecule has 1 amide bonds. The standard InChI is InChI=1S/C21H21ClN4O2/c1-13-4-7-17(11-18(13)22)26-12-15(10-19(26)27)21-23-20(24-28-21)14-5-8-16(9-6-14)25(2)3/h4-9,11,15H,10,12H2,1-3H3/t15-/m0/s1. The summed E-state index contributed by atoms with van der Waals surface area (Å²) in [5.41, 5.74) is 3.76. The fourth-order valence-electron chi connectivity index (χ4n) is 3.30. The third kappa shape index (κ3) is 3.47. The van der Waals surface area contributed by atoms with Crippen LogP contribution in [0.4, 0.5) is 11.4 Å². The average Bonchev–Trinajstić information content (AvgIpc) is 3.31. The molecule has 0 unspecified atom stereocenters. The van der Waals surface area contributed by atoms with Crippen molar-refractivity contribution in [3.8, 4) is 11.4 Å². The Morgan fingerprint density at radius 2 is 1.93 bits per heavy atom. The van der Waals surface area contributed by atoms with Gasteiger partial charge in [0.2, 0.25) is 17.6 Å². The van der Waals surface area contributed by atoms with Crippen LogP contribution in [0.3, 0.4) is 0 Å². The summed E-state index contributed by atoms with van der Waals surface area (Å²) >= 11 is 6.21. The van der Waals surface area contributed by atoms with Gasteiger partial charge in [-0.15, -0.1) is 0 Å². The molecular weight excluding hydrogens is 376 g/mol. The zero-order chi connectivity index (χ0) is 19.8. The van der Waals surface area contributed by atoms with E-state index >= 15 is 0 Å². The molecule has 0 bridgehead atoms. The molecule has 7 heteroatoms. The summed E-state index contributed by atoms with van der Waals surface area (Å²) in [4.78, 5) is 20.8. The largest absolute Gasteiger partial charge is 0.378 e. The molecule has 2 heterocycles. The van der Waals surface area contributed by atoms with Crippen molar-refractivity contribution < 1.29 is 9.32 Å². The van der Waals surface area contributed by atoms with Gasteiger partial charge in [0.1, 0.15) is 0 Å². The minimum Gasteiger partial charge on any atom is -0.378 e. The second-order valence-electron chi connectivity index (χ2n) is 7.24. The minimum atomic E-state index is -0.130. The molecule has 1 fully saturated rings. The lowest BCUT2D eigenvalue weighted by Crippen LogP contribution is -2.24. The van der Waals surface area contributed by atoms with Crippen LogP contribution in [0.2, 0.25) is 5.02 Å². The summed E-state index contributed by atoms with van der Waals surface area (Å²) in [6.07, 6.45) is 0.340. The Hall–Kier alpha value is -2.86. The van der Waals surface area contributed by atoms with Crippen LogP contribution in [0.1, 0.15) is 23.8 Å². The molecule has 1 atom stereocenters. The van der Waals surface area contributed by atoms with E-state index in [1.54, 1.807) is 4.90 Å². The number of nitrogens with zero attached hydrogens (tertiary/aromatic N) is 4. The molecule has 28 heavy (non-hydrogen) atoms. The topological polar surface area (TPSA) is 62.5 Å². The molecule has 0 N–H and O–H groups in total. The molecule has 0 spiro atoms. The Labute approximate surface area is 168 Å². The number of rotatable bonds is 4. The summed E-state index contributed by atoms with van der Waals surface area (Å²) in [5.74, 6) is 0.917. The van der Waals surface area contributed by atoms with E-state index in [1.807, 2.05) is 68.4 Å². The van der Waals surface area contributed by atoms with Crippen molar-refractivity contribution in [2.45, 2.75) is 19.3 Å². The highest BCUT2D eigenvalue weighted by Crippen LogP contribution is 2.33. The van der Waals surface area contributed by atoms with Gasteiger partial charge in [0.25, 0.3) is 0 Å². The summed E-state index contributed by atoms with van der Waals surface area (Å²) < 4.78 is 5.48. The lowest BCUT2D eigenvalue weighted by molar-refractivity contribution is -0.117. The van der Waals surface area contributed by atoms with Crippen LogP contribution in [-0.2, 0) is 4.79 Å². The van der Waals surface area contributed by atoms with Crippen LogP contribution in [0, 0.1) is 6.92 Å². The Morgan fingerprint density at radius 1 is 1.18 bits per heavy atom. The van der Waals surface area contributed by atoms with Crippen LogP contribution in [0.25, 0.3) is 11.4 Å². The number of hydrogen-bond donors (Lipinski definition) is 0. The molecule has 1 aliphatic heterocycles. The van der Waals surface area contributed by atoms with E-state index < -0.39 is 0 Å². The van der Waals surface area contributed by atoms with Crippen LogP contribution < -0.4 is 9.80 Å². The fourth-order valence-corrected chi connectivity index (χ4v) is 3.47. The predicted octanol–water partition coefficient (Wildman–Crippen LogP) is 4.28. The predicted molar refractivity (Wildman–Crippen MR) is 110 cm³/mol. The minimum absolute atomic E-state index is 0.0278. The first-order valence-electron chi connectivity index (χ1n) is 9.10. The van der Waals surface area contributed by atoms with Gasteiger partial charge in [-0.1, -0.05) is 22.8 Å². The number of aromatic nitrogens is 2. The number of hydrogen-bond acceptors (Lipinski definition) is 5. The summed E-state index contributed by atoms with van der Waals surface area (Å²) in [5, 5.41) is 4.75. The first-order chi connectivity index (χ1) is 13.4. The normalized spacial score (nSPS) is 16.6. The van der Waals surface area contributed by atoms with Crippen LogP contribution >= 0.6 is 11.6 Å². The van der Waals surface area contributed by atoms with Gasteiger partial charge < -0.3 is 14.3 Å². The molecule has 3 aromatic rings. The lowest BCUT2D eigenvalue weighted by atomic mass is 10.1. The highest BCUT2D eigenvalue weighted by molar-refractivity contribution is 6.31. The Kier molecular flexibility index (Phi) is 4.81. The van der Waals surface area contributed by atoms with E-state index in [-0.39, 0.29) is 11.8 Å². The Bertz CT molecular complexity index is 1010. The Balaban J connectivity index is 1.53. The van der Waals surface area contributed by atoms with Crippen molar-refractivity contribution in [2.75, 3.05) is 30.4 Å². The van der Waals surface area contributed by atoms with Gasteiger partial charge in [0, 0.05) is 49.0 Å². The highest BCUT2D eigenvalue weighted by Gasteiger charge is 2.35. The van der Waals surface area contributed by atoms with Gasteiger partial charge in [-0.05, 0) is 48.9 Å². The molecule has 6 nitrogen and oxygen atoms in total. The number of carbonyl (C=O) groups excluding carboxylic acids is 1. The lowest BCUT2D eigenvalue weighted by Gasteiger charge is -2.17. The molecule has 1 saturated heterocycles. The zero-order valence-electron chi connectivity index (χ0n) is 16.0. The maximum Gasteiger partial charge on any atom is 0.232 e. The van der Waals surface area contributed by atoms with Crippen molar-refractivity contribution in [3.63, 3.8) is 0 Å². The maximum atomic E-state index is 12.5. The molecule has 1 aliphatic rings. The van der Waals surface area contributed by atoms with E-state index in [0.29, 0.717) is 29.7 Å². The number of benzene rings is 2. The van der Waals surface area contributed by atoms with E-state index in [4.69, 9.17) is 16.1 Å². The smallest absolute Gasteiger partial charge is 0.232 e. The van der Waals surface area contributed by atoms with Crippen LogP contribution in [0.15, 0.2) is 47.0 Å². The van der Waals surface area contributed by atoms with Gasteiger partial charge in [-0.2, -0.15) is 4.98 Å². The van der Waals surface area contributed by atoms with Crippen LogP contribution in [0.5, 0.6) is 0 Å². The molecule has 0 aliphatic carbocycles. The van der Waals surface area contributed by atoms with Crippen molar-refractivity contribution in [2.24, 2.45) is 0 Å². The van der Waals surface area contributed by atoms with Gasteiger partial charge in [0.15, 0.2) is 0 Å². The van der Waals surface area contributed by atoms with Gasteiger partial charge in [0.05, 0.1) is 5.92 Å². The monoisotopic (exact) mass is 396 g/mol. The zero-order valence-corrected chi connectivity index (χ0v) is 16.8. The second kappa shape index (κ2) is 7.28. The first kappa shape index (κ1) is 18.5. The molecular formula is C21H21ClN4O2. The molecule has 4 rings (SSSR count). The third-order valence-electron chi connectivity index (χ3n) is 5.03. The Morgan fingerprint density at radius 3 is 2.61 bits per heavy atom. The van der Waals surface area contributed by atoms with Crippen molar-refractivity contribution in [3.05, 3.63) is 58.9 Å². The van der Waals surface area contributed by atoms with Crippen LogP contribution in [-0.4, -0.2) is 36.7 Å². The average molecular weight is 397 g/mol. The van der Waals surface area contributed by atoms with Gasteiger partial charge in [-0.25, -0.2) is 0 Å². The first-order valence-corrected chi connectivity index (χ1v) is 9.48. The number of aryl methyl sites for hydroxylation is 1. The van der Waals surface area contributed by atoms with Gasteiger partial charge >= 0.3 is 0 Å². The van der Waals surface area contributed by atoms with Crippen molar-refractivity contribution in [1.29, 1.82) is 0 Å². The van der Waals surface area contributed by atoms with E-state index in [9.17, 15) is 4.79 Å². The SMILES string of the molecule is Cc1ccc(N2C[C@@H](c3nc(-c4ccc(N(C)C)cc4)no3)CC2=O)cc1Cl. The number of halogens is 1. The van der Waals surface area contributed by atoms with Crippen molar-refractivity contribution >= 4 is 28.9 Å². The molecule has 2 aromatic carbocycles. The van der Waals surface area contributed by atoms with E-state index in [0.717, 1.165) is 22.5 Å². The second-order valence-corrected chi connectivity index (χ2v) is 7.64. The van der Waals surface area contributed by atoms with Gasteiger partial charge in [-0.3, -0.25) is 4.79 Å². The van der Waals surface area contributed by atoms with Crippen molar-refractivity contribution in [1.82, 2.24) is 10.1 Å². The summed E-state index contributed by atoms with van der Waals surface area (Å²) in [6, 6.07) is 13.6. The molecule has 1 aromatic heterocycles. The number of carbonyl (C=O) groups is 1. The number of amides is 1. The summed E-state index contributed by atoms with van der Waals surface area (Å²) in [6.45, 7) is 2.44. The van der Waals surface area contributed by atoms with E-state index in [2.05, 4.69) is 10.1 Å². The number of anilines is 2. The summed E-state index contributed by atoms with van der Waals surface area (Å²) in [7, 11) is 3.98.